The summed E-state index contributed by atoms with van der Waals surface area (Å²) in [5.74, 6) is 0.486. The topological polar surface area (TPSA) is 40.5 Å². The third kappa shape index (κ3) is 3.97. The summed E-state index contributed by atoms with van der Waals surface area (Å²) in [6.45, 7) is 8.21. The molecule has 0 fully saturated rings. The predicted molar refractivity (Wildman–Crippen MR) is 60.2 cm³/mol. The Hall–Kier alpha value is -0.0800. The van der Waals surface area contributed by atoms with Gasteiger partial charge >= 0.3 is 0 Å². The van der Waals surface area contributed by atoms with E-state index in [0.29, 0.717) is 25.2 Å². The maximum atomic E-state index is 10.2. The Bertz CT molecular complexity index is 147. The van der Waals surface area contributed by atoms with Gasteiger partial charge in [0.25, 0.3) is 0 Å². The standard InChI is InChI=1S/C12H26O2/c1-5-8-12(14,7-3)11(13)9-10(4)6-2/h10-11,13-14H,5-9H2,1-4H3. The Kier molecular flexibility index (Phi) is 6.38. The van der Waals surface area contributed by atoms with Gasteiger partial charge in [0.2, 0.25) is 0 Å². The van der Waals surface area contributed by atoms with Gasteiger partial charge in [0, 0.05) is 0 Å². The van der Waals surface area contributed by atoms with E-state index >= 15 is 0 Å². The van der Waals surface area contributed by atoms with E-state index in [1.165, 1.54) is 0 Å². The second-order valence-electron chi connectivity index (χ2n) is 4.47. The fourth-order valence-electron chi connectivity index (χ4n) is 1.78. The molecule has 0 aromatic heterocycles. The molecule has 0 bridgehead atoms. The van der Waals surface area contributed by atoms with Crippen LogP contribution in [0.25, 0.3) is 0 Å². The van der Waals surface area contributed by atoms with Crippen molar-refractivity contribution < 1.29 is 10.2 Å². The molecule has 0 saturated heterocycles. The first kappa shape index (κ1) is 13.9. The summed E-state index contributed by atoms with van der Waals surface area (Å²) in [7, 11) is 0. The molecule has 2 heteroatoms. The Morgan fingerprint density at radius 1 is 1.21 bits per heavy atom. The molecule has 0 spiro atoms. The largest absolute Gasteiger partial charge is 0.390 e. The van der Waals surface area contributed by atoms with Crippen molar-refractivity contribution in [2.75, 3.05) is 0 Å². The van der Waals surface area contributed by atoms with Crippen LogP contribution < -0.4 is 0 Å². The maximum absolute atomic E-state index is 10.2. The third-order valence-corrected chi connectivity index (χ3v) is 3.24. The molecular weight excluding hydrogens is 176 g/mol. The third-order valence-electron chi connectivity index (χ3n) is 3.24. The Morgan fingerprint density at radius 3 is 2.14 bits per heavy atom. The van der Waals surface area contributed by atoms with Crippen LogP contribution in [0.15, 0.2) is 0 Å². The summed E-state index contributed by atoms with van der Waals surface area (Å²) < 4.78 is 0. The zero-order valence-electron chi connectivity index (χ0n) is 10.1. The van der Waals surface area contributed by atoms with Crippen molar-refractivity contribution in [1.82, 2.24) is 0 Å². The predicted octanol–water partition coefficient (Wildman–Crippen LogP) is 2.72. The van der Waals surface area contributed by atoms with Crippen molar-refractivity contribution in [3.8, 4) is 0 Å². The summed E-state index contributed by atoms with van der Waals surface area (Å²) in [5.41, 5.74) is -0.863. The summed E-state index contributed by atoms with van der Waals surface area (Å²) >= 11 is 0. The van der Waals surface area contributed by atoms with Crippen molar-refractivity contribution in [2.24, 2.45) is 5.92 Å². The van der Waals surface area contributed by atoms with Crippen LogP contribution in [0.3, 0.4) is 0 Å². The van der Waals surface area contributed by atoms with E-state index in [1.54, 1.807) is 0 Å². The van der Waals surface area contributed by atoms with E-state index in [9.17, 15) is 10.2 Å². The highest BCUT2D eigenvalue weighted by molar-refractivity contribution is 4.85. The molecule has 86 valence electrons. The lowest BCUT2D eigenvalue weighted by Crippen LogP contribution is -2.42. The van der Waals surface area contributed by atoms with Gasteiger partial charge in [-0.2, -0.15) is 0 Å². The SMILES string of the molecule is CCCC(O)(CC)C(O)CC(C)CC. The van der Waals surface area contributed by atoms with E-state index in [0.717, 1.165) is 12.8 Å². The second kappa shape index (κ2) is 6.41. The average molecular weight is 202 g/mol. The normalized spacial score (nSPS) is 20.1. The van der Waals surface area contributed by atoms with Gasteiger partial charge in [0.15, 0.2) is 0 Å². The highest BCUT2D eigenvalue weighted by Gasteiger charge is 2.33. The summed E-state index contributed by atoms with van der Waals surface area (Å²) in [5, 5.41) is 20.1. The van der Waals surface area contributed by atoms with Gasteiger partial charge in [-0.25, -0.2) is 0 Å². The van der Waals surface area contributed by atoms with Crippen LogP contribution in [0, 0.1) is 5.92 Å². The lowest BCUT2D eigenvalue weighted by Gasteiger charge is -2.33. The molecular formula is C12H26O2. The molecule has 3 atom stereocenters. The first-order valence-electron chi connectivity index (χ1n) is 5.90. The van der Waals surface area contributed by atoms with Crippen LogP contribution in [0.2, 0.25) is 0 Å². The highest BCUT2D eigenvalue weighted by Crippen LogP contribution is 2.26. The van der Waals surface area contributed by atoms with Crippen molar-refractivity contribution in [2.45, 2.75) is 71.5 Å². The molecule has 0 radical (unpaired) electrons. The monoisotopic (exact) mass is 202 g/mol. The molecule has 0 aliphatic rings. The van der Waals surface area contributed by atoms with Crippen LogP contribution in [-0.2, 0) is 0 Å². The summed E-state index contributed by atoms with van der Waals surface area (Å²) in [4.78, 5) is 0. The van der Waals surface area contributed by atoms with E-state index < -0.39 is 11.7 Å². The van der Waals surface area contributed by atoms with Gasteiger partial charge in [-0.1, -0.05) is 40.5 Å². The van der Waals surface area contributed by atoms with E-state index in [2.05, 4.69) is 13.8 Å². The van der Waals surface area contributed by atoms with Crippen LogP contribution in [0.1, 0.15) is 59.8 Å². The van der Waals surface area contributed by atoms with E-state index in [1.807, 2.05) is 13.8 Å². The van der Waals surface area contributed by atoms with Gasteiger partial charge in [-0.05, 0) is 25.2 Å². The molecule has 0 saturated carbocycles. The number of hydrogen-bond acceptors (Lipinski definition) is 2. The average Bonchev–Trinajstić information content (AvgIpc) is 2.17. The molecule has 0 aliphatic heterocycles. The smallest absolute Gasteiger partial charge is 0.0902 e. The van der Waals surface area contributed by atoms with Crippen LogP contribution >= 0.6 is 0 Å². The second-order valence-corrected chi connectivity index (χ2v) is 4.47. The zero-order chi connectivity index (χ0) is 11.2. The molecule has 0 heterocycles. The molecule has 2 N–H and O–H groups in total. The van der Waals surface area contributed by atoms with Crippen LogP contribution in [0.5, 0.6) is 0 Å². The van der Waals surface area contributed by atoms with E-state index in [4.69, 9.17) is 0 Å². The molecule has 0 aromatic carbocycles. The van der Waals surface area contributed by atoms with Crippen LogP contribution in [0.4, 0.5) is 0 Å². The quantitative estimate of drug-likeness (QED) is 0.666. The minimum absolute atomic E-state index is 0.486. The Balaban J connectivity index is 4.21. The zero-order valence-corrected chi connectivity index (χ0v) is 10.1. The molecule has 14 heavy (non-hydrogen) atoms. The van der Waals surface area contributed by atoms with Gasteiger partial charge in [0.05, 0.1) is 11.7 Å². The first-order chi connectivity index (χ1) is 6.50. The minimum Gasteiger partial charge on any atom is -0.390 e. The van der Waals surface area contributed by atoms with Gasteiger partial charge in [0.1, 0.15) is 0 Å². The van der Waals surface area contributed by atoms with Crippen LogP contribution in [-0.4, -0.2) is 21.9 Å². The minimum atomic E-state index is -0.863. The molecule has 0 amide bonds. The fourth-order valence-corrected chi connectivity index (χ4v) is 1.78. The van der Waals surface area contributed by atoms with Crippen molar-refractivity contribution in [3.63, 3.8) is 0 Å². The Labute approximate surface area is 88.3 Å². The molecule has 3 unspecified atom stereocenters. The summed E-state index contributed by atoms with van der Waals surface area (Å²) in [6, 6.07) is 0. The maximum Gasteiger partial charge on any atom is 0.0902 e. The van der Waals surface area contributed by atoms with Gasteiger partial charge in [-0.15, -0.1) is 0 Å². The van der Waals surface area contributed by atoms with Gasteiger partial charge < -0.3 is 10.2 Å². The van der Waals surface area contributed by atoms with E-state index in [-0.39, 0.29) is 0 Å². The lowest BCUT2D eigenvalue weighted by atomic mass is 9.84. The fraction of sp³-hybridized carbons (Fsp3) is 1.00. The van der Waals surface area contributed by atoms with Crippen molar-refractivity contribution >= 4 is 0 Å². The number of aliphatic hydroxyl groups is 2. The number of aliphatic hydroxyl groups excluding tert-OH is 1. The molecule has 0 aliphatic carbocycles. The molecule has 2 nitrogen and oxygen atoms in total. The molecule has 0 aromatic rings. The number of hydrogen-bond donors (Lipinski definition) is 2. The van der Waals surface area contributed by atoms with Gasteiger partial charge in [-0.3, -0.25) is 0 Å². The molecule has 0 rings (SSSR count). The Morgan fingerprint density at radius 2 is 1.79 bits per heavy atom. The van der Waals surface area contributed by atoms with Crippen molar-refractivity contribution in [1.29, 1.82) is 0 Å². The first-order valence-corrected chi connectivity index (χ1v) is 5.90. The van der Waals surface area contributed by atoms with Crippen molar-refractivity contribution in [3.05, 3.63) is 0 Å². The summed E-state index contributed by atoms with van der Waals surface area (Å²) in [6.07, 6.45) is 3.45. The highest BCUT2D eigenvalue weighted by atomic mass is 16.3. The lowest BCUT2D eigenvalue weighted by molar-refractivity contribution is -0.0911. The number of rotatable bonds is 7.